The zero-order valence-electron chi connectivity index (χ0n) is 20.2. The summed E-state index contributed by atoms with van der Waals surface area (Å²) in [7, 11) is 0. The molecule has 3 aromatic rings. The lowest BCUT2D eigenvalue weighted by atomic mass is 9.89. The van der Waals surface area contributed by atoms with E-state index in [9.17, 15) is 0 Å². The fraction of sp³-hybridized carbons (Fsp3) is 0.444. The van der Waals surface area contributed by atoms with E-state index in [1.54, 1.807) is 0 Å². The standard InChI is InChI=1S/C27H36N4OS/c1-18(2)17-31-13-11-20(12-14-31)23-16-28-24-10-9-21(15-22(23)24)29-27(33)30-25-7-5-6-8-26(25)32-19(3)4/h5-10,15-16,18-20,28H,11-14,17H2,1-4H3,(H2,29,30,33). The van der Waals surface area contributed by atoms with Crippen LogP contribution in [0, 0.1) is 5.92 Å². The Hall–Kier alpha value is -2.57. The molecule has 0 radical (unpaired) electrons. The smallest absolute Gasteiger partial charge is 0.175 e. The Kier molecular flexibility index (Phi) is 7.56. The lowest BCUT2D eigenvalue weighted by Crippen LogP contribution is -2.35. The summed E-state index contributed by atoms with van der Waals surface area (Å²) in [5, 5.41) is 8.48. The van der Waals surface area contributed by atoms with Crippen LogP contribution in [0.1, 0.15) is 52.0 Å². The maximum absolute atomic E-state index is 5.90. The molecular weight excluding hydrogens is 428 g/mol. The summed E-state index contributed by atoms with van der Waals surface area (Å²) in [4.78, 5) is 6.07. The predicted octanol–water partition coefficient (Wildman–Crippen LogP) is 6.60. The highest BCUT2D eigenvalue weighted by Crippen LogP contribution is 2.34. The second-order valence-corrected chi connectivity index (χ2v) is 10.1. The molecule has 0 aliphatic carbocycles. The van der Waals surface area contributed by atoms with E-state index < -0.39 is 0 Å². The highest BCUT2D eigenvalue weighted by Gasteiger charge is 2.23. The first kappa shape index (κ1) is 23.6. The van der Waals surface area contributed by atoms with Crippen molar-refractivity contribution in [3.63, 3.8) is 0 Å². The van der Waals surface area contributed by atoms with Crippen molar-refractivity contribution in [1.82, 2.24) is 9.88 Å². The number of hydrogen-bond acceptors (Lipinski definition) is 3. The van der Waals surface area contributed by atoms with Gasteiger partial charge in [-0.25, -0.2) is 0 Å². The number of thiocarbonyl (C=S) groups is 1. The van der Waals surface area contributed by atoms with E-state index in [-0.39, 0.29) is 6.10 Å². The molecule has 0 amide bonds. The van der Waals surface area contributed by atoms with Crippen molar-refractivity contribution < 1.29 is 4.74 Å². The van der Waals surface area contributed by atoms with E-state index in [0.717, 1.165) is 23.0 Å². The van der Waals surface area contributed by atoms with Crippen LogP contribution >= 0.6 is 12.2 Å². The molecule has 4 rings (SSSR count). The van der Waals surface area contributed by atoms with Gasteiger partial charge in [-0.1, -0.05) is 26.0 Å². The summed E-state index contributed by atoms with van der Waals surface area (Å²) >= 11 is 5.61. The number of hydrogen-bond donors (Lipinski definition) is 3. The quantitative estimate of drug-likeness (QED) is 0.344. The molecule has 1 saturated heterocycles. The van der Waals surface area contributed by atoms with Crippen molar-refractivity contribution >= 4 is 39.6 Å². The van der Waals surface area contributed by atoms with Gasteiger partial charge < -0.3 is 25.3 Å². The molecule has 5 nitrogen and oxygen atoms in total. The van der Waals surface area contributed by atoms with Crippen LogP contribution in [-0.4, -0.2) is 40.7 Å². The number of H-pyrrole nitrogens is 1. The summed E-state index contributed by atoms with van der Waals surface area (Å²) in [6, 6.07) is 14.3. The van der Waals surface area contributed by atoms with Crippen LogP contribution in [0.15, 0.2) is 48.7 Å². The van der Waals surface area contributed by atoms with Gasteiger partial charge in [-0.2, -0.15) is 0 Å². The second-order valence-electron chi connectivity index (χ2n) is 9.71. The van der Waals surface area contributed by atoms with Gasteiger partial charge in [0, 0.05) is 29.3 Å². The number of rotatable bonds is 7. The first-order valence-corrected chi connectivity index (χ1v) is 12.5. The van der Waals surface area contributed by atoms with Crippen molar-refractivity contribution in [2.75, 3.05) is 30.3 Å². The zero-order valence-corrected chi connectivity index (χ0v) is 21.0. The molecular formula is C27H36N4OS. The number of nitrogens with one attached hydrogen (secondary N) is 3. The Bertz CT molecular complexity index is 1080. The van der Waals surface area contributed by atoms with Crippen LogP contribution in [0.3, 0.4) is 0 Å². The van der Waals surface area contributed by atoms with Gasteiger partial charge in [-0.3, -0.25) is 0 Å². The molecule has 2 aromatic carbocycles. The van der Waals surface area contributed by atoms with Crippen LogP contribution < -0.4 is 15.4 Å². The Labute approximate surface area is 202 Å². The molecule has 0 bridgehead atoms. The molecule has 1 fully saturated rings. The summed E-state index contributed by atoms with van der Waals surface area (Å²) < 4.78 is 5.90. The van der Waals surface area contributed by atoms with Gasteiger partial charge >= 0.3 is 0 Å². The minimum absolute atomic E-state index is 0.0983. The molecule has 6 heteroatoms. The maximum atomic E-state index is 5.90. The normalized spacial score (nSPS) is 15.3. The van der Waals surface area contributed by atoms with Gasteiger partial charge in [0.1, 0.15) is 5.75 Å². The van der Waals surface area contributed by atoms with Gasteiger partial charge in [0.15, 0.2) is 5.11 Å². The van der Waals surface area contributed by atoms with Crippen LogP contribution in [-0.2, 0) is 0 Å². The average molecular weight is 465 g/mol. The minimum atomic E-state index is 0.0983. The van der Waals surface area contributed by atoms with Gasteiger partial charge in [0.25, 0.3) is 0 Å². The van der Waals surface area contributed by atoms with E-state index in [4.69, 9.17) is 17.0 Å². The Morgan fingerprint density at radius 3 is 2.58 bits per heavy atom. The second kappa shape index (κ2) is 10.6. The number of nitrogens with zero attached hydrogens (tertiary/aromatic N) is 1. The summed E-state index contributed by atoms with van der Waals surface area (Å²) in [5.41, 5.74) is 4.45. The van der Waals surface area contributed by atoms with E-state index in [0.29, 0.717) is 11.0 Å². The zero-order chi connectivity index (χ0) is 23.4. The first-order valence-electron chi connectivity index (χ1n) is 12.1. The highest BCUT2D eigenvalue weighted by atomic mass is 32.1. The Morgan fingerprint density at radius 1 is 1.09 bits per heavy atom. The highest BCUT2D eigenvalue weighted by molar-refractivity contribution is 7.80. The lowest BCUT2D eigenvalue weighted by molar-refractivity contribution is 0.192. The van der Waals surface area contributed by atoms with Gasteiger partial charge in [0.05, 0.1) is 11.8 Å². The number of aromatic amines is 1. The lowest BCUT2D eigenvalue weighted by Gasteiger charge is -2.33. The topological polar surface area (TPSA) is 52.3 Å². The van der Waals surface area contributed by atoms with E-state index in [1.165, 1.54) is 48.9 Å². The average Bonchev–Trinajstić information content (AvgIpc) is 3.18. The summed E-state index contributed by atoms with van der Waals surface area (Å²) in [6.07, 6.45) is 4.72. The van der Waals surface area contributed by atoms with Crippen molar-refractivity contribution in [3.05, 3.63) is 54.2 Å². The van der Waals surface area contributed by atoms with E-state index in [1.807, 2.05) is 38.1 Å². The number of para-hydroxylation sites is 2. The Morgan fingerprint density at radius 2 is 1.85 bits per heavy atom. The first-order chi connectivity index (χ1) is 15.9. The van der Waals surface area contributed by atoms with Gasteiger partial charge in [-0.15, -0.1) is 0 Å². The Balaban J connectivity index is 1.44. The van der Waals surface area contributed by atoms with Crippen LogP contribution in [0.4, 0.5) is 11.4 Å². The number of benzene rings is 2. The van der Waals surface area contributed by atoms with Crippen molar-refractivity contribution in [2.45, 2.75) is 52.6 Å². The molecule has 0 saturated carbocycles. The monoisotopic (exact) mass is 464 g/mol. The minimum Gasteiger partial charge on any atom is -0.489 e. The van der Waals surface area contributed by atoms with Crippen molar-refractivity contribution in [3.8, 4) is 5.75 Å². The third-order valence-electron chi connectivity index (χ3n) is 6.12. The molecule has 1 aromatic heterocycles. The molecule has 0 atom stereocenters. The van der Waals surface area contributed by atoms with E-state index in [2.05, 4.69) is 58.8 Å². The van der Waals surface area contributed by atoms with Gasteiger partial charge in [0.2, 0.25) is 0 Å². The fourth-order valence-electron chi connectivity index (χ4n) is 4.71. The largest absolute Gasteiger partial charge is 0.489 e. The van der Waals surface area contributed by atoms with Crippen LogP contribution in [0.25, 0.3) is 10.9 Å². The van der Waals surface area contributed by atoms with Crippen LogP contribution in [0.5, 0.6) is 5.75 Å². The van der Waals surface area contributed by atoms with E-state index >= 15 is 0 Å². The number of likely N-dealkylation sites (tertiary alicyclic amines) is 1. The molecule has 0 unspecified atom stereocenters. The SMILES string of the molecule is CC(C)CN1CCC(c2c[nH]c3ccc(NC(=S)Nc4ccccc4OC(C)C)cc23)CC1. The van der Waals surface area contributed by atoms with Crippen molar-refractivity contribution in [1.29, 1.82) is 0 Å². The molecule has 1 aliphatic rings. The summed E-state index contributed by atoms with van der Waals surface area (Å²) in [5.74, 6) is 2.12. The predicted molar refractivity (Wildman–Crippen MR) is 144 cm³/mol. The number of fused-ring (bicyclic) bond motifs is 1. The number of ether oxygens (including phenoxy) is 1. The molecule has 3 N–H and O–H groups in total. The number of aromatic nitrogens is 1. The molecule has 2 heterocycles. The molecule has 33 heavy (non-hydrogen) atoms. The number of anilines is 2. The maximum Gasteiger partial charge on any atom is 0.175 e. The van der Waals surface area contributed by atoms with Crippen molar-refractivity contribution in [2.24, 2.45) is 5.92 Å². The third-order valence-corrected chi connectivity index (χ3v) is 6.32. The molecule has 176 valence electrons. The third kappa shape index (κ3) is 6.06. The van der Waals surface area contributed by atoms with Gasteiger partial charge in [-0.05, 0) is 99.7 Å². The number of piperidine rings is 1. The molecule has 1 aliphatic heterocycles. The summed E-state index contributed by atoms with van der Waals surface area (Å²) in [6.45, 7) is 12.2. The fourth-order valence-corrected chi connectivity index (χ4v) is 4.94. The molecule has 0 spiro atoms. The van der Waals surface area contributed by atoms with Crippen LogP contribution in [0.2, 0.25) is 0 Å².